The number of carbonyl (C=O) groups excluding carboxylic acids is 1. The largest absolute Gasteiger partial charge is 0.471 e. The summed E-state index contributed by atoms with van der Waals surface area (Å²) in [5.41, 5.74) is 0.0583. The van der Waals surface area contributed by atoms with Gasteiger partial charge in [-0.25, -0.2) is 14.2 Å². The lowest BCUT2D eigenvalue weighted by molar-refractivity contribution is -0.112. The lowest BCUT2D eigenvalue weighted by atomic mass is 9.84. The molecule has 2 atom stereocenters. The van der Waals surface area contributed by atoms with Gasteiger partial charge in [-0.05, 0) is 38.8 Å². The molecule has 3 fully saturated rings. The summed E-state index contributed by atoms with van der Waals surface area (Å²) >= 11 is 0. The van der Waals surface area contributed by atoms with Gasteiger partial charge in [-0.15, -0.1) is 0 Å². The van der Waals surface area contributed by atoms with Crippen LogP contribution in [0.2, 0.25) is 0 Å². The van der Waals surface area contributed by atoms with E-state index in [0.29, 0.717) is 26.3 Å². The van der Waals surface area contributed by atoms with Crippen LogP contribution in [0.4, 0.5) is 25.1 Å². The number of nitrogens with zero attached hydrogens (tertiary/aromatic N) is 4. The fourth-order valence-corrected chi connectivity index (χ4v) is 4.51. The molecule has 35 heavy (non-hydrogen) atoms. The van der Waals surface area contributed by atoms with Crippen molar-refractivity contribution in [3.05, 3.63) is 41.2 Å². The number of nitrogens with one attached hydrogen (secondary N) is 1. The number of fused-ring (bicyclic) bond motifs is 2. The molecule has 2 aromatic rings. The highest BCUT2D eigenvalue weighted by Crippen LogP contribution is 2.40. The third-order valence-corrected chi connectivity index (χ3v) is 6.82. The molecule has 1 aliphatic carbocycles. The van der Waals surface area contributed by atoms with E-state index in [1.807, 2.05) is 13.0 Å². The Morgan fingerprint density at radius 2 is 1.97 bits per heavy atom. The summed E-state index contributed by atoms with van der Waals surface area (Å²) in [4.78, 5) is 22.2. The summed E-state index contributed by atoms with van der Waals surface area (Å²) in [6.07, 6.45) is 2.13. The minimum Gasteiger partial charge on any atom is -0.471 e. The second-order valence-electron chi connectivity index (χ2n) is 9.54. The van der Waals surface area contributed by atoms with Gasteiger partial charge in [-0.3, -0.25) is 0 Å². The number of likely N-dealkylation sites (tertiary alicyclic amines) is 1. The average Bonchev–Trinajstić information content (AvgIpc) is 3.55. The van der Waals surface area contributed by atoms with Crippen LogP contribution in [0.15, 0.2) is 18.5 Å². The summed E-state index contributed by atoms with van der Waals surface area (Å²) in [5, 5.41) is 12.2. The van der Waals surface area contributed by atoms with E-state index in [9.17, 15) is 14.4 Å². The number of rotatable bonds is 5. The van der Waals surface area contributed by atoms with Crippen LogP contribution in [-0.2, 0) is 9.47 Å². The Morgan fingerprint density at radius 1 is 1.26 bits per heavy atom. The number of piperidine rings is 1. The lowest BCUT2D eigenvalue weighted by Crippen LogP contribution is -2.59. The topological polar surface area (TPSA) is 110 Å². The lowest BCUT2D eigenvalue weighted by Gasteiger charge is -2.46. The minimum atomic E-state index is -0.833. The quantitative estimate of drug-likeness (QED) is 0.683. The molecule has 2 bridgehead atoms. The van der Waals surface area contributed by atoms with Crippen molar-refractivity contribution in [1.82, 2.24) is 14.9 Å². The van der Waals surface area contributed by atoms with Gasteiger partial charge < -0.3 is 24.4 Å². The first-order chi connectivity index (χ1) is 16.8. The number of aromatic nitrogens is 2. The first-order valence-electron chi connectivity index (χ1n) is 11.5. The second kappa shape index (κ2) is 8.92. The Hall–Kier alpha value is -3.52. The van der Waals surface area contributed by atoms with E-state index >= 15 is 4.39 Å². The molecule has 3 heterocycles. The third kappa shape index (κ3) is 4.58. The van der Waals surface area contributed by atoms with E-state index in [0.717, 1.165) is 19.2 Å². The predicted molar refractivity (Wildman–Crippen MR) is 119 cm³/mol. The molecule has 1 N–H and O–H groups in total. The number of halogens is 2. The molecular weight excluding hydrogens is 460 g/mol. The smallest absolute Gasteiger partial charge is 0.410 e. The van der Waals surface area contributed by atoms with Crippen LogP contribution in [0.1, 0.15) is 30.9 Å². The van der Waals surface area contributed by atoms with Gasteiger partial charge in [-0.1, -0.05) is 0 Å². The van der Waals surface area contributed by atoms with Crippen molar-refractivity contribution in [1.29, 1.82) is 5.26 Å². The van der Waals surface area contributed by atoms with Gasteiger partial charge in [0.15, 0.2) is 5.82 Å². The maximum Gasteiger partial charge on any atom is 0.410 e. The summed E-state index contributed by atoms with van der Waals surface area (Å²) in [6.45, 7) is 4.85. The van der Waals surface area contributed by atoms with Crippen LogP contribution in [0, 0.1) is 41.7 Å². The molecule has 11 heteroatoms. The second-order valence-corrected chi connectivity index (χ2v) is 9.54. The molecule has 1 aromatic carbocycles. The minimum absolute atomic E-state index is 0.0523. The highest BCUT2D eigenvalue weighted by molar-refractivity contribution is 5.69. The van der Waals surface area contributed by atoms with Gasteiger partial charge >= 0.3 is 6.09 Å². The van der Waals surface area contributed by atoms with Gasteiger partial charge in [0.25, 0.3) is 5.88 Å². The fourth-order valence-electron chi connectivity index (χ4n) is 4.51. The number of ether oxygens (including phenoxy) is 3. The highest BCUT2D eigenvalue weighted by atomic mass is 19.1. The van der Waals surface area contributed by atoms with Gasteiger partial charge in [-0.2, -0.15) is 14.6 Å². The molecule has 0 spiro atoms. The molecule has 2 aliphatic heterocycles. The Morgan fingerprint density at radius 3 is 2.63 bits per heavy atom. The van der Waals surface area contributed by atoms with E-state index in [-0.39, 0.29) is 52.0 Å². The summed E-state index contributed by atoms with van der Waals surface area (Å²) < 4.78 is 46.4. The van der Waals surface area contributed by atoms with Gasteiger partial charge in [0.1, 0.15) is 29.9 Å². The van der Waals surface area contributed by atoms with E-state index in [1.54, 1.807) is 4.90 Å². The van der Waals surface area contributed by atoms with Crippen LogP contribution in [0.5, 0.6) is 5.88 Å². The van der Waals surface area contributed by atoms with Crippen molar-refractivity contribution >= 4 is 17.6 Å². The summed E-state index contributed by atoms with van der Waals surface area (Å²) in [7, 11) is 0. The van der Waals surface area contributed by atoms with Crippen LogP contribution >= 0.6 is 0 Å². The first-order valence-corrected chi connectivity index (χ1v) is 11.5. The maximum atomic E-state index is 15.3. The number of anilines is 2. The number of benzene rings is 1. The van der Waals surface area contributed by atoms with E-state index in [4.69, 9.17) is 14.2 Å². The average molecular weight is 485 g/mol. The molecular formula is C24H25F2N5O4. The molecule has 2 unspecified atom stereocenters. The molecule has 184 valence electrons. The van der Waals surface area contributed by atoms with Crippen molar-refractivity contribution in [3.63, 3.8) is 0 Å². The van der Waals surface area contributed by atoms with E-state index < -0.39 is 17.7 Å². The van der Waals surface area contributed by atoms with Crippen molar-refractivity contribution in [2.24, 2.45) is 11.8 Å². The SMILES string of the molecule is Cc1c(F)ccc(Nc2ncnc(OC3C4COCC3CN(C(=O)OC3(C)CC3)C4)c2F)c1C#N. The zero-order valence-electron chi connectivity index (χ0n) is 19.4. The number of hydrogen-bond donors (Lipinski definition) is 1. The zero-order chi connectivity index (χ0) is 24.7. The van der Waals surface area contributed by atoms with Crippen LogP contribution in [0.3, 0.4) is 0 Å². The van der Waals surface area contributed by atoms with E-state index in [1.165, 1.54) is 19.1 Å². The van der Waals surface area contributed by atoms with Crippen molar-refractivity contribution in [2.75, 3.05) is 31.6 Å². The highest BCUT2D eigenvalue weighted by Gasteiger charge is 2.47. The number of hydrogen-bond acceptors (Lipinski definition) is 8. The summed E-state index contributed by atoms with van der Waals surface area (Å²) in [5.74, 6) is -2.17. The molecule has 1 amide bonds. The van der Waals surface area contributed by atoms with Crippen LogP contribution in [-0.4, -0.2) is 59.0 Å². The molecule has 2 saturated heterocycles. The fraction of sp³-hybridized carbons (Fsp3) is 0.500. The van der Waals surface area contributed by atoms with E-state index in [2.05, 4.69) is 15.3 Å². The Balaban J connectivity index is 1.32. The molecule has 3 aliphatic rings. The number of nitriles is 1. The number of carbonyl (C=O) groups is 1. The maximum absolute atomic E-state index is 15.3. The molecule has 0 radical (unpaired) electrons. The number of amides is 1. The monoisotopic (exact) mass is 485 g/mol. The van der Waals surface area contributed by atoms with Crippen molar-refractivity contribution in [2.45, 2.75) is 38.4 Å². The van der Waals surface area contributed by atoms with Crippen molar-refractivity contribution < 1.29 is 27.8 Å². The third-order valence-electron chi connectivity index (χ3n) is 6.82. The first kappa shape index (κ1) is 23.2. The molecule has 5 rings (SSSR count). The van der Waals surface area contributed by atoms with Crippen LogP contribution < -0.4 is 10.1 Å². The molecule has 1 aromatic heterocycles. The predicted octanol–water partition coefficient (Wildman–Crippen LogP) is 3.69. The standard InChI is InChI=1S/C24H25F2N5O4/c1-13-16(7-27)18(4-3-17(13)25)30-21-19(26)22(29-12-28-21)34-20-14-8-31(9-15(20)11-33-10-14)23(32)35-24(2)5-6-24/h3-4,12,14-15,20H,5-6,8-11H2,1-2H3,(H,28,29,30). The van der Waals surface area contributed by atoms with Crippen molar-refractivity contribution in [3.8, 4) is 11.9 Å². The Kier molecular flexibility index (Phi) is 5.92. The molecule has 1 saturated carbocycles. The molecule has 9 nitrogen and oxygen atoms in total. The van der Waals surface area contributed by atoms with Gasteiger partial charge in [0, 0.05) is 30.5 Å². The summed E-state index contributed by atoms with van der Waals surface area (Å²) in [6, 6.07) is 4.47. The Labute approximate surface area is 201 Å². The van der Waals surface area contributed by atoms with Gasteiger partial charge in [0.05, 0.1) is 24.5 Å². The normalized spacial score (nSPS) is 24.3. The van der Waals surface area contributed by atoms with Crippen LogP contribution in [0.25, 0.3) is 0 Å². The van der Waals surface area contributed by atoms with Gasteiger partial charge in [0.2, 0.25) is 5.82 Å². The zero-order valence-corrected chi connectivity index (χ0v) is 19.4. The Bertz CT molecular complexity index is 1190.